The number of pyridine rings is 1. The molecule has 0 aliphatic heterocycles. The molecular formula is C15H23N3O. The van der Waals surface area contributed by atoms with Crippen molar-refractivity contribution in [3.05, 3.63) is 28.7 Å². The van der Waals surface area contributed by atoms with Crippen LogP contribution < -0.4 is 10.9 Å². The molecule has 0 radical (unpaired) electrons. The molecule has 104 valence electrons. The lowest BCUT2D eigenvalue weighted by Crippen LogP contribution is -2.24. The lowest BCUT2D eigenvalue weighted by molar-refractivity contribution is 0.363. The van der Waals surface area contributed by atoms with Gasteiger partial charge in [0.15, 0.2) is 0 Å². The van der Waals surface area contributed by atoms with Crippen LogP contribution >= 0.6 is 0 Å². The lowest BCUT2D eigenvalue weighted by atomic mass is 9.88. The fourth-order valence-electron chi connectivity index (χ4n) is 1.88. The highest BCUT2D eigenvalue weighted by atomic mass is 16.1. The summed E-state index contributed by atoms with van der Waals surface area (Å²) in [7, 11) is 0. The van der Waals surface area contributed by atoms with Gasteiger partial charge in [-0.2, -0.15) is 5.26 Å². The van der Waals surface area contributed by atoms with Crippen LogP contribution in [-0.2, 0) is 6.54 Å². The highest BCUT2D eigenvalue weighted by molar-refractivity contribution is 5.40. The number of nitrogens with one attached hydrogen (secondary N) is 1. The molecule has 0 saturated carbocycles. The quantitative estimate of drug-likeness (QED) is 0.820. The van der Waals surface area contributed by atoms with Crippen LogP contribution in [0.5, 0.6) is 0 Å². The van der Waals surface area contributed by atoms with Gasteiger partial charge in [0.25, 0.3) is 5.56 Å². The number of nitriles is 1. The maximum absolute atomic E-state index is 11.6. The molecule has 0 amide bonds. The summed E-state index contributed by atoms with van der Waals surface area (Å²) in [4.78, 5) is 11.6. The van der Waals surface area contributed by atoms with Crippen molar-refractivity contribution >= 4 is 5.69 Å². The number of aryl methyl sites for hydroxylation is 1. The van der Waals surface area contributed by atoms with E-state index in [1.54, 1.807) is 10.6 Å². The zero-order valence-corrected chi connectivity index (χ0v) is 12.1. The van der Waals surface area contributed by atoms with Crippen LogP contribution in [0.25, 0.3) is 0 Å². The summed E-state index contributed by atoms with van der Waals surface area (Å²) in [6, 6.07) is 5.59. The van der Waals surface area contributed by atoms with E-state index in [2.05, 4.69) is 32.2 Å². The van der Waals surface area contributed by atoms with E-state index in [-0.39, 0.29) is 11.0 Å². The molecule has 0 aliphatic carbocycles. The van der Waals surface area contributed by atoms with Gasteiger partial charge in [-0.15, -0.1) is 0 Å². The van der Waals surface area contributed by atoms with Crippen LogP contribution in [0.1, 0.15) is 40.0 Å². The number of anilines is 1. The number of hydrogen-bond donors (Lipinski definition) is 1. The minimum Gasteiger partial charge on any atom is -0.383 e. The summed E-state index contributed by atoms with van der Waals surface area (Å²) in [6.45, 7) is 7.86. The van der Waals surface area contributed by atoms with Gasteiger partial charge in [0.1, 0.15) is 0 Å². The second-order valence-corrected chi connectivity index (χ2v) is 5.63. The molecule has 0 saturated heterocycles. The number of aromatic nitrogens is 1. The van der Waals surface area contributed by atoms with E-state index in [1.807, 2.05) is 12.3 Å². The van der Waals surface area contributed by atoms with Crippen molar-refractivity contribution in [1.29, 1.82) is 5.26 Å². The highest BCUT2D eigenvalue weighted by Gasteiger charge is 2.17. The average molecular weight is 261 g/mol. The van der Waals surface area contributed by atoms with E-state index in [0.717, 1.165) is 31.6 Å². The Bertz CT molecular complexity index is 497. The van der Waals surface area contributed by atoms with Crippen molar-refractivity contribution in [3.8, 4) is 6.07 Å². The van der Waals surface area contributed by atoms with E-state index in [9.17, 15) is 4.79 Å². The molecular weight excluding hydrogens is 238 g/mol. The zero-order valence-electron chi connectivity index (χ0n) is 12.1. The lowest BCUT2D eigenvalue weighted by Gasteiger charge is -2.24. The Labute approximate surface area is 115 Å². The fraction of sp³-hybridized carbons (Fsp3) is 0.600. The maximum atomic E-state index is 11.6. The van der Waals surface area contributed by atoms with Gasteiger partial charge in [-0.1, -0.05) is 20.8 Å². The molecule has 0 atom stereocenters. The predicted octanol–water partition coefficient (Wildman–Crippen LogP) is 3.00. The largest absolute Gasteiger partial charge is 0.383 e. The number of hydrogen-bond acceptors (Lipinski definition) is 3. The average Bonchev–Trinajstić information content (AvgIpc) is 2.38. The Morgan fingerprint density at radius 3 is 2.79 bits per heavy atom. The molecule has 0 aromatic carbocycles. The first-order valence-electron chi connectivity index (χ1n) is 6.80. The molecule has 19 heavy (non-hydrogen) atoms. The molecule has 1 aromatic heterocycles. The standard InChI is InChI=1S/C15H23N3O/c1-4-10-18-11-13(6-7-14(18)19)17-12-15(2,3)8-5-9-16/h6-7,11,17H,4-5,8,10,12H2,1-3H3. The SMILES string of the molecule is CCCn1cc(NCC(C)(C)CCC#N)ccc1=O. The van der Waals surface area contributed by atoms with Crippen molar-refractivity contribution < 1.29 is 0 Å². The minimum absolute atomic E-state index is 0.0381. The van der Waals surface area contributed by atoms with Crippen LogP contribution in [0.3, 0.4) is 0 Å². The molecule has 1 rings (SSSR count). The molecule has 0 spiro atoms. The minimum atomic E-state index is 0.0381. The molecule has 1 N–H and O–H groups in total. The molecule has 4 nitrogen and oxygen atoms in total. The van der Waals surface area contributed by atoms with Crippen LogP contribution in [-0.4, -0.2) is 11.1 Å². The number of nitrogens with zero attached hydrogens (tertiary/aromatic N) is 2. The van der Waals surface area contributed by atoms with Gasteiger partial charge in [0.2, 0.25) is 0 Å². The van der Waals surface area contributed by atoms with Crippen molar-refractivity contribution in [2.45, 2.75) is 46.6 Å². The Balaban J connectivity index is 2.65. The third-order valence-corrected chi connectivity index (χ3v) is 3.13. The Morgan fingerprint density at radius 2 is 2.16 bits per heavy atom. The first-order chi connectivity index (χ1) is 8.98. The summed E-state index contributed by atoms with van der Waals surface area (Å²) in [5.41, 5.74) is 1.07. The summed E-state index contributed by atoms with van der Waals surface area (Å²) >= 11 is 0. The first kappa shape index (κ1) is 15.3. The molecule has 0 unspecified atom stereocenters. The van der Waals surface area contributed by atoms with Crippen molar-refractivity contribution in [2.75, 3.05) is 11.9 Å². The molecule has 0 bridgehead atoms. The molecule has 1 heterocycles. The van der Waals surface area contributed by atoms with Gasteiger partial charge in [-0.3, -0.25) is 4.79 Å². The van der Waals surface area contributed by atoms with Crippen LogP contribution in [0.4, 0.5) is 5.69 Å². The van der Waals surface area contributed by atoms with E-state index in [4.69, 9.17) is 5.26 Å². The molecule has 0 fully saturated rings. The van der Waals surface area contributed by atoms with Crippen LogP contribution in [0.15, 0.2) is 23.1 Å². The predicted molar refractivity (Wildman–Crippen MR) is 78.1 cm³/mol. The molecule has 0 aliphatic rings. The smallest absolute Gasteiger partial charge is 0.250 e. The summed E-state index contributed by atoms with van der Waals surface area (Å²) in [5.74, 6) is 0. The fourth-order valence-corrected chi connectivity index (χ4v) is 1.88. The third kappa shape index (κ3) is 5.17. The number of rotatable bonds is 7. The van der Waals surface area contributed by atoms with Crippen molar-refractivity contribution in [3.63, 3.8) is 0 Å². The van der Waals surface area contributed by atoms with E-state index < -0.39 is 0 Å². The molecule has 4 heteroatoms. The summed E-state index contributed by atoms with van der Waals surface area (Å²) in [5, 5.41) is 12.0. The topological polar surface area (TPSA) is 57.8 Å². The van der Waals surface area contributed by atoms with Gasteiger partial charge in [-0.25, -0.2) is 0 Å². The Hall–Kier alpha value is -1.76. The highest BCUT2D eigenvalue weighted by Crippen LogP contribution is 2.22. The van der Waals surface area contributed by atoms with Crippen molar-refractivity contribution in [1.82, 2.24) is 4.57 Å². The van der Waals surface area contributed by atoms with Gasteiger partial charge >= 0.3 is 0 Å². The van der Waals surface area contributed by atoms with Crippen LogP contribution in [0, 0.1) is 16.7 Å². The third-order valence-electron chi connectivity index (χ3n) is 3.13. The van der Waals surface area contributed by atoms with Gasteiger partial charge in [-0.05, 0) is 24.3 Å². The van der Waals surface area contributed by atoms with Crippen LogP contribution in [0.2, 0.25) is 0 Å². The summed E-state index contributed by atoms with van der Waals surface area (Å²) in [6.07, 6.45) is 4.25. The molecule has 1 aromatic rings. The van der Waals surface area contributed by atoms with Gasteiger partial charge in [0.05, 0.1) is 11.8 Å². The zero-order chi connectivity index (χ0) is 14.3. The second-order valence-electron chi connectivity index (χ2n) is 5.63. The Morgan fingerprint density at radius 1 is 1.42 bits per heavy atom. The Kier molecular flexibility index (Phi) is 5.62. The van der Waals surface area contributed by atoms with Crippen molar-refractivity contribution in [2.24, 2.45) is 5.41 Å². The maximum Gasteiger partial charge on any atom is 0.250 e. The monoisotopic (exact) mass is 261 g/mol. The van der Waals surface area contributed by atoms with Gasteiger partial charge in [0, 0.05) is 31.8 Å². The first-order valence-corrected chi connectivity index (χ1v) is 6.80. The van der Waals surface area contributed by atoms with Gasteiger partial charge < -0.3 is 9.88 Å². The van der Waals surface area contributed by atoms with E-state index in [0.29, 0.717) is 6.42 Å². The normalized spacial score (nSPS) is 11.1. The van der Waals surface area contributed by atoms with E-state index >= 15 is 0 Å². The second kappa shape index (κ2) is 6.98. The summed E-state index contributed by atoms with van der Waals surface area (Å²) < 4.78 is 1.73. The van der Waals surface area contributed by atoms with E-state index in [1.165, 1.54) is 0 Å².